The van der Waals surface area contributed by atoms with Crippen LogP contribution in [0.5, 0.6) is 0 Å². The van der Waals surface area contributed by atoms with Gasteiger partial charge < -0.3 is 10.4 Å². The van der Waals surface area contributed by atoms with Crippen LogP contribution in [-0.2, 0) is 0 Å². The smallest absolute Gasteiger partial charge is 0.123 e. The van der Waals surface area contributed by atoms with Gasteiger partial charge in [0, 0.05) is 11.4 Å². The molecule has 0 aliphatic carbocycles. The Hall–Kier alpha value is -0.740. The number of hydrogen-bond donors (Lipinski definition) is 2. The van der Waals surface area contributed by atoms with Gasteiger partial charge in [-0.05, 0) is 41.9 Å². The van der Waals surface area contributed by atoms with Crippen molar-refractivity contribution >= 4 is 17.4 Å². The lowest BCUT2D eigenvalue weighted by molar-refractivity contribution is 0.174. The van der Waals surface area contributed by atoms with Gasteiger partial charge in [-0.25, -0.2) is 4.39 Å². The van der Waals surface area contributed by atoms with E-state index in [9.17, 15) is 9.50 Å². The average Bonchev–Trinajstić information content (AvgIpc) is 2.31. The standard InChI is InChI=1S/C14H20FNOS/c1-13(2)7-14(8-17,10-18-9-13)16-12-5-3-11(15)4-6-12/h3-6,16-17H,7-10H2,1-2H3. The summed E-state index contributed by atoms with van der Waals surface area (Å²) < 4.78 is 12.9. The third-order valence-corrected chi connectivity index (χ3v) is 4.99. The van der Waals surface area contributed by atoms with Crippen LogP contribution in [0, 0.1) is 11.2 Å². The Balaban J connectivity index is 2.15. The second-order valence-electron chi connectivity index (χ2n) is 5.90. The third-order valence-electron chi connectivity index (χ3n) is 3.24. The fourth-order valence-electron chi connectivity index (χ4n) is 2.60. The number of anilines is 1. The Bertz CT molecular complexity index is 407. The van der Waals surface area contributed by atoms with Crippen molar-refractivity contribution in [2.75, 3.05) is 23.4 Å². The van der Waals surface area contributed by atoms with Gasteiger partial charge in [-0.2, -0.15) is 11.8 Å². The van der Waals surface area contributed by atoms with E-state index in [1.807, 2.05) is 11.8 Å². The topological polar surface area (TPSA) is 32.3 Å². The van der Waals surface area contributed by atoms with Crippen LogP contribution in [0.3, 0.4) is 0 Å². The second kappa shape index (κ2) is 5.10. The van der Waals surface area contributed by atoms with E-state index in [-0.39, 0.29) is 23.4 Å². The Labute approximate surface area is 112 Å². The highest BCUT2D eigenvalue weighted by atomic mass is 32.2. The van der Waals surface area contributed by atoms with Crippen molar-refractivity contribution in [3.8, 4) is 0 Å². The van der Waals surface area contributed by atoms with E-state index in [2.05, 4.69) is 19.2 Å². The molecule has 4 heteroatoms. The van der Waals surface area contributed by atoms with Gasteiger partial charge in [0.1, 0.15) is 5.82 Å². The zero-order chi connectivity index (χ0) is 13.2. The van der Waals surface area contributed by atoms with E-state index in [1.165, 1.54) is 12.1 Å². The van der Waals surface area contributed by atoms with Gasteiger partial charge in [-0.3, -0.25) is 0 Å². The number of thioether (sulfide) groups is 1. The van der Waals surface area contributed by atoms with E-state index in [1.54, 1.807) is 12.1 Å². The molecule has 0 spiro atoms. The van der Waals surface area contributed by atoms with Crippen molar-refractivity contribution in [3.05, 3.63) is 30.1 Å². The normalized spacial score (nSPS) is 26.9. The monoisotopic (exact) mass is 269 g/mol. The van der Waals surface area contributed by atoms with Crippen LogP contribution in [0.1, 0.15) is 20.3 Å². The number of hydrogen-bond acceptors (Lipinski definition) is 3. The quantitative estimate of drug-likeness (QED) is 0.884. The average molecular weight is 269 g/mol. The predicted molar refractivity (Wildman–Crippen MR) is 75.6 cm³/mol. The van der Waals surface area contributed by atoms with Crippen molar-refractivity contribution < 1.29 is 9.50 Å². The van der Waals surface area contributed by atoms with Crippen molar-refractivity contribution in [1.82, 2.24) is 0 Å². The molecule has 0 aromatic heterocycles. The van der Waals surface area contributed by atoms with Crippen molar-refractivity contribution in [2.45, 2.75) is 25.8 Å². The van der Waals surface area contributed by atoms with E-state index < -0.39 is 0 Å². The molecule has 1 aromatic rings. The largest absolute Gasteiger partial charge is 0.394 e. The van der Waals surface area contributed by atoms with Gasteiger partial charge in [-0.15, -0.1) is 0 Å². The molecule has 1 aliphatic rings. The summed E-state index contributed by atoms with van der Waals surface area (Å²) in [7, 11) is 0. The van der Waals surface area contributed by atoms with E-state index in [0.29, 0.717) is 0 Å². The third kappa shape index (κ3) is 3.18. The first-order valence-electron chi connectivity index (χ1n) is 6.17. The van der Waals surface area contributed by atoms with Gasteiger partial charge in [0.25, 0.3) is 0 Å². The molecule has 1 aliphatic heterocycles. The van der Waals surface area contributed by atoms with Crippen LogP contribution >= 0.6 is 11.8 Å². The first-order chi connectivity index (χ1) is 8.45. The molecule has 2 rings (SSSR count). The lowest BCUT2D eigenvalue weighted by Crippen LogP contribution is -2.51. The van der Waals surface area contributed by atoms with E-state index in [0.717, 1.165) is 23.6 Å². The van der Waals surface area contributed by atoms with Crippen molar-refractivity contribution in [2.24, 2.45) is 5.41 Å². The summed E-state index contributed by atoms with van der Waals surface area (Å²) in [6.45, 7) is 4.53. The summed E-state index contributed by atoms with van der Waals surface area (Å²) in [6.07, 6.45) is 0.918. The van der Waals surface area contributed by atoms with Gasteiger partial charge in [0.05, 0.1) is 12.1 Å². The van der Waals surface area contributed by atoms with Crippen LogP contribution in [0.2, 0.25) is 0 Å². The lowest BCUT2D eigenvalue weighted by atomic mass is 9.80. The lowest BCUT2D eigenvalue weighted by Gasteiger charge is -2.44. The van der Waals surface area contributed by atoms with Gasteiger partial charge >= 0.3 is 0 Å². The fourth-order valence-corrected chi connectivity index (χ4v) is 4.01. The van der Waals surface area contributed by atoms with E-state index in [4.69, 9.17) is 0 Å². The predicted octanol–water partition coefficient (Wildman–Crippen LogP) is 3.13. The Morgan fingerprint density at radius 1 is 1.28 bits per heavy atom. The molecule has 1 fully saturated rings. The van der Waals surface area contributed by atoms with Crippen LogP contribution in [0.25, 0.3) is 0 Å². The molecular weight excluding hydrogens is 249 g/mol. The number of aliphatic hydroxyl groups excluding tert-OH is 1. The number of nitrogens with one attached hydrogen (secondary N) is 1. The molecule has 0 amide bonds. The molecule has 2 nitrogen and oxygen atoms in total. The Kier molecular flexibility index (Phi) is 3.87. The molecule has 0 bridgehead atoms. The molecule has 2 N–H and O–H groups in total. The maximum Gasteiger partial charge on any atom is 0.123 e. The minimum absolute atomic E-state index is 0.0980. The molecule has 1 aromatic carbocycles. The molecule has 1 heterocycles. The molecule has 1 unspecified atom stereocenters. The summed E-state index contributed by atoms with van der Waals surface area (Å²) in [5, 5.41) is 13.1. The molecule has 1 atom stereocenters. The maximum absolute atomic E-state index is 12.9. The maximum atomic E-state index is 12.9. The highest BCUT2D eigenvalue weighted by Crippen LogP contribution is 2.40. The molecule has 18 heavy (non-hydrogen) atoms. The highest BCUT2D eigenvalue weighted by molar-refractivity contribution is 7.99. The second-order valence-corrected chi connectivity index (χ2v) is 6.89. The Morgan fingerprint density at radius 2 is 1.94 bits per heavy atom. The van der Waals surface area contributed by atoms with Gasteiger partial charge in [-0.1, -0.05) is 13.8 Å². The van der Waals surface area contributed by atoms with E-state index >= 15 is 0 Å². The summed E-state index contributed by atoms with van der Waals surface area (Å²) >= 11 is 1.86. The summed E-state index contributed by atoms with van der Waals surface area (Å²) in [5.74, 6) is 1.75. The number of benzene rings is 1. The van der Waals surface area contributed by atoms with Gasteiger partial charge in [0.15, 0.2) is 0 Å². The van der Waals surface area contributed by atoms with Crippen LogP contribution in [-0.4, -0.2) is 28.8 Å². The molecular formula is C14H20FNOS. The van der Waals surface area contributed by atoms with Crippen molar-refractivity contribution in [1.29, 1.82) is 0 Å². The minimum atomic E-state index is -0.301. The first-order valence-corrected chi connectivity index (χ1v) is 7.33. The van der Waals surface area contributed by atoms with Crippen LogP contribution in [0.4, 0.5) is 10.1 Å². The molecule has 0 radical (unpaired) electrons. The summed E-state index contributed by atoms with van der Waals surface area (Å²) in [6, 6.07) is 6.32. The van der Waals surface area contributed by atoms with Crippen molar-refractivity contribution in [3.63, 3.8) is 0 Å². The fraction of sp³-hybridized carbons (Fsp3) is 0.571. The summed E-state index contributed by atoms with van der Waals surface area (Å²) in [4.78, 5) is 0. The van der Waals surface area contributed by atoms with Crippen LogP contribution < -0.4 is 5.32 Å². The molecule has 0 saturated carbocycles. The number of halogens is 1. The number of aliphatic hydroxyl groups is 1. The van der Waals surface area contributed by atoms with Gasteiger partial charge in [0.2, 0.25) is 0 Å². The van der Waals surface area contributed by atoms with Crippen LogP contribution in [0.15, 0.2) is 24.3 Å². The zero-order valence-electron chi connectivity index (χ0n) is 10.9. The molecule has 100 valence electrons. The minimum Gasteiger partial charge on any atom is -0.394 e. The highest BCUT2D eigenvalue weighted by Gasteiger charge is 2.40. The number of rotatable bonds is 3. The zero-order valence-corrected chi connectivity index (χ0v) is 11.7. The summed E-state index contributed by atoms with van der Waals surface area (Å²) in [5.41, 5.74) is 0.770. The molecule has 1 saturated heterocycles. The SMILES string of the molecule is CC1(C)CSCC(CO)(Nc2ccc(F)cc2)C1. The first kappa shape index (κ1) is 13.7. The Morgan fingerprint density at radius 3 is 2.50 bits per heavy atom.